The molecule has 0 spiro atoms. The first-order valence-electron chi connectivity index (χ1n) is 11.5. The SMILES string of the molecule is CCCCCN(SN(CCCCC)S(=O)(=O)c1cccc(C)c1)S(=O)(=O)c1cccc(C)c1. The van der Waals surface area contributed by atoms with E-state index in [4.69, 9.17) is 0 Å². The molecule has 33 heavy (non-hydrogen) atoms. The average Bonchev–Trinajstić information content (AvgIpc) is 2.77. The van der Waals surface area contributed by atoms with Gasteiger partial charge in [0.2, 0.25) is 0 Å². The normalized spacial score (nSPS) is 12.5. The Hall–Kier alpha value is -1.39. The summed E-state index contributed by atoms with van der Waals surface area (Å²) in [5.74, 6) is 0. The molecule has 0 bridgehead atoms. The maximum atomic E-state index is 13.5. The van der Waals surface area contributed by atoms with Gasteiger partial charge in [-0.1, -0.05) is 63.8 Å². The minimum Gasteiger partial charge on any atom is -0.206 e. The third-order valence-electron chi connectivity index (χ3n) is 5.18. The predicted octanol–water partition coefficient (Wildman–Crippen LogP) is 5.93. The van der Waals surface area contributed by atoms with Gasteiger partial charge in [0.15, 0.2) is 0 Å². The molecule has 0 aliphatic carbocycles. The standard InChI is InChI=1S/C24H36N2O4S3/c1-5-7-9-17-25(32(27,28)23-15-11-13-21(3)19-23)31-26(18-10-8-6-2)33(29,30)24-16-12-14-22(4)20-24/h11-16,19-20H,5-10,17-18H2,1-4H3. The van der Waals surface area contributed by atoms with E-state index in [-0.39, 0.29) is 22.9 Å². The van der Waals surface area contributed by atoms with Crippen LogP contribution in [0.5, 0.6) is 0 Å². The fourth-order valence-electron chi connectivity index (χ4n) is 3.28. The van der Waals surface area contributed by atoms with Gasteiger partial charge in [-0.05, 0) is 62.1 Å². The number of unbranched alkanes of at least 4 members (excludes halogenated alkanes) is 4. The molecule has 0 N–H and O–H groups in total. The van der Waals surface area contributed by atoms with Gasteiger partial charge in [0, 0.05) is 25.2 Å². The number of benzene rings is 2. The topological polar surface area (TPSA) is 74.8 Å². The summed E-state index contributed by atoms with van der Waals surface area (Å²) in [5, 5.41) is 0. The van der Waals surface area contributed by atoms with E-state index in [2.05, 4.69) is 0 Å². The maximum absolute atomic E-state index is 13.5. The molecule has 6 nitrogen and oxygen atoms in total. The van der Waals surface area contributed by atoms with Crippen molar-refractivity contribution in [3.05, 3.63) is 59.7 Å². The zero-order chi connectivity index (χ0) is 24.5. The zero-order valence-electron chi connectivity index (χ0n) is 20.0. The van der Waals surface area contributed by atoms with E-state index >= 15 is 0 Å². The Balaban J connectivity index is 2.45. The third-order valence-corrected chi connectivity index (χ3v) is 10.6. The van der Waals surface area contributed by atoms with Crippen LogP contribution in [0.2, 0.25) is 0 Å². The van der Waals surface area contributed by atoms with Gasteiger partial charge in [0.05, 0.1) is 9.79 Å². The lowest BCUT2D eigenvalue weighted by Gasteiger charge is -2.28. The number of sulfonamides is 2. The van der Waals surface area contributed by atoms with Crippen molar-refractivity contribution in [1.82, 2.24) is 7.42 Å². The van der Waals surface area contributed by atoms with Crippen LogP contribution >= 0.6 is 12.1 Å². The van der Waals surface area contributed by atoms with Crippen molar-refractivity contribution >= 4 is 32.2 Å². The quantitative estimate of drug-likeness (QED) is 0.232. The number of aryl methyl sites for hydroxylation is 2. The summed E-state index contributed by atoms with van der Waals surface area (Å²) in [6.45, 7) is 8.25. The summed E-state index contributed by atoms with van der Waals surface area (Å²) >= 11 is 0.797. The first-order valence-corrected chi connectivity index (χ1v) is 15.1. The molecule has 0 saturated heterocycles. The Morgan fingerprint density at radius 3 is 1.39 bits per heavy atom. The number of rotatable bonds is 14. The fourth-order valence-corrected chi connectivity index (χ4v) is 8.11. The van der Waals surface area contributed by atoms with E-state index in [0.717, 1.165) is 48.9 Å². The fraction of sp³-hybridized carbons (Fsp3) is 0.500. The second-order valence-electron chi connectivity index (χ2n) is 8.19. The first-order chi connectivity index (χ1) is 15.6. The molecule has 0 aromatic heterocycles. The van der Waals surface area contributed by atoms with Gasteiger partial charge in [0.1, 0.15) is 0 Å². The molecule has 0 saturated carbocycles. The Labute approximate surface area is 204 Å². The van der Waals surface area contributed by atoms with Crippen LogP contribution in [0.15, 0.2) is 58.3 Å². The average molecular weight is 513 g/mol. The molecule has 0 heterocycles. The monoisotopic (exact) mass is 512 g/mol. The molecule has 0 aliphatic rings. The largest absolute Gasteiger partial charge is 0.253 e. The van der Waals surface area contributed by atoms with Gasteiger partial charge in [-0.2, -0.15) is 0 Å². The summed E-state index contributed by atoms with van der Waals surface area (Å²) in [6, 6.07) is 13.5. The van der Waals surface area contributed by atoms with Crippen LogP contribution in [0.4, 0.5) is 0 Å². The minimum atomic E-state index is -3.89. The van der Waals surface area contributed by atoms with Gasteiger partial charge in [0.25, 0.3) is 20.0 Å². The van der Waals surface area contributed by atoms with E-state index in [9.17, 15) is 16.8 Å². The van der Waals surface area contributed by atoms with Gasteiger partial charge in [-0.15, -0.1) is 7.42 Å². The Kier molecular flexibility index (Phi) is 10.9. The summed E-state index contributed by atoms with van der Waals surface area (Å²) in [4.78, 5) is 0.348. The van der Waals surface area contributed by atoms with Crippen LogP contribution in [0, 0.1) is 13.8 Å². The van der Waals surface area contributed by atoms with Gasteiger partial charge >= 0.3 is 0 Å². The summed E-state index contributed by atoms with van der Waals surface area (Å²) in [6.07, 6.45) is 4.90. The smallest absolute Gasteiger partial charge is 0.206 e. The third kappa shape index (κ3) is 7.82. The van der Waals surface area contributed by atoms with Crippen LogP contribution in [0.3, 0.4) is 0 Å². The molecule has 0 radical (unpaired) electrons. The molecule has 0 fully saturated rings. The molecular weight excluding hydrogens is 476 g/mol. The van der Waals surface area contributed by atoms with Crippen molar-refractivity contribution in [2.45, 2.75) is 76.0 Å². The lowest BCUT2D eigenvalue weighted by molar-refractivity contribution is 0.501. The summed E-state index contributed by atoms with van der Waals surface area (Å²) < 4.78 is 56.7. The minimum absolute atomic E-state index is 0.174. The lowest BCUT2D eigenvalue weighted by atomic mass is 10.2. The van der Waals surface area contributed by atoms with Crippen molar-refractivity contribution in [1.29, 1.82) is 0 Å². The van der Waals surface area contributed by atoms with Crippen molar-refractivity contribution in [3.8, 4) is 0 Å². The second-order valence-corrected chi connectivity index (χ2v) is 13.4. The van der Waals surface area contributed by atoms with E-state index < -0.39 is 20.0 Å². The molecule has 184 valence electrons. The number of hydrogen-bond donors (Lipinski definition) is 0. The van der Waals surface area contributed by atoms with E-state index in [1.165, 1.54) is 7.42 Å². The number of nitrogens with zero attached hydrogens (tertiary/aromatic N) is 2. The highest BCUT2D eigenvalue weighted by atomic mass is 32.3. The second kappa shape index (κ2) is 12.9. The highest BCUT2D eigenvalue weighted by Crippen LogP contribution is 2.32. The molecule has 0 aliphatic heterocycles. The zero-order valence-corrected chi connectivity index (χ0v) is 22.5. The summed E-state index contributed by atoms with van der Waals surface area (Å²) in [5.41, 5.74) is 1.67. The highest BCUT2D eigenvalue weighted by molar-refractivity contribution is 8.13. The van der Waals surface area contributed by atoms with E-state index in [1.807, 2.05) is 39.8 Å². The van der Waals surface area contributed by atoms with Crippen molar-refractivity contribution in [3.63, 3.8) is 0 Å². The molecule has 0 atom stereocenters. The van der Waals surface area contributed by atoms with Crippen LogP contribution < -0.4 is 0 Å². The Bertz CT molecular complexity index is 1010. The molecule has 0 amide bonds. The van der Waals surface area contributed by atoms with E-state index in [0.29, 0.717) is 12.8 Å². The van der Waals surface area contributed by atoms with Gasteiger partial charge < -0.3 is 0 Å². The molecule has 2 rings (SSSR count). The van der Waals surface area contributed by atoms with Crippen LogP contribution in [0.25, 0.3) is 0 Å². The van der Waals surface area contributed by atoms with Gasteiger partial charge in [-0.25, -0.2) is 16.8 Å². The molecule has 9 heteroatoms. The van der Waals surface area contributed by atoms with Crippen LogP contribution in [-0.2, 0) is 20.0 Å². The predicted molar refractivity (Wildman–Crippen MR) is 137 cm³/mol. The van der Waals surface area contributed by atoms with Crippen LogP contribution in [0.1, 0.15) is 63.5 Å². The van der Waals surface area contributed by atoms with Crippen LogP contribution in [-0.4, -0.2) is 37.3 Å². The number of hydrogen-bond acceptors (Lipinski definition) is 5. The highest BCUT2D eigenvalue weighted by Gasteiger charge is 2.33. The lowest BCUT2D eigenvalue weighted by Crippen LogP contribution is -2.35. The van der Waals surface area contributed by atoms with Crippen molar-refractivity contribution < 1.29 is 16.8 Å². The van der Waals surface area contributed by atoms with Crippen molar-refractivity contribution in [2.75, 3.05) is 13.1 Å². The Morgan fingerprint density at radius 1 is 0.667 bits per heavy atom. The first kappa shape index (κ1) is 27.9. The summed E-state index contributed by atoms with van der Waals surface area (Å²) in [7, 11) is -7.78. The molecule has 2 aromatic rings. The molecule has 0 unspecified atom stereocenters. The molecular formula is C24H36N2O4S3. The maximum Gasteiger partial charge on any atom is 0.253 e. The van der Waals surface area contributed by atoms with Gasteiger partial charge in [-0.3, -0.25) is 0 Å². The Morgan fingerprint density at radius 2 is 1.06 bits per heavy atom. The molecule has 2 aromatic carbocycles. The van der Waals surface area contributed by atoms with E-state index in [1.54, 1.807) is 36.4 Å². The van der Waals surface area contributed by atoms with Crippen molar-refractivity contribution in [2.24, 2.45) is 0 Å².